The van der Waals surface area contributed by atoms with Gasteiger partial charge in [-0.3, -0.25) is 4.79 Å². The highest BCUT2D eigenvalue weighted by atomic mass is 16.5. The van der Waals surface area contributed by atoms with Gasteiger partial charge < -0.3 is 25.0 Å². The maximum absolute atomic E-state index is 12.6. The van der Waals surface area contributed by atoms with Crippen molar-refractivity contribution in [3.8, 4) is 5.75 Å². The number of aromatic nitrogens is 1. The van der Waals surface area contributed by atoms with Crippen LogP contribution < -0.4 is 20.9 Å². The number of methoxy groups -OCH3 is 1. The van der Waals surface area contributed by atoms with E-state index in [9.17, 15) is 14.7 Å². The Morgan fingerprint density at radius 2 is 1.79 bits per heavy atom. The maximum Gasteiger partial charge on any atom is 0.319 e. The number of urea groups is 1. The number of pyridine rings is 1. The Morgan fingerprint density at radius 3 is 2.48 bits per heavy atom. The van der Waals surface area contributed by atoms with Gasteiger partial charge in [-0.25, -0.2) is 4.79 Å². The van der Waals surface area contributed by atoms with Crippen LogP contribution >= 0.6 is 0 Å². The minimum Gasteiger partial charge on any atom is -0.497 e. The molecule has 0 saturated carbocycles. The van der Waals surface area contributed by atoms with Crippen molar-refractivity contribution in [2.75, 3.05) is 19.0 Å². The van der Waals surface area contributed by atoms with E-state index in [1.54, 1.807) is 49.7 Å². The molecule has 0 spiro atoms. The zero-order chi connectivity index (χ0) is 20.6. The number of carbonyl (C=O) groups excluding carboxylic acids is 1. The van der Waals surface area contributed by atoms with E-state index in [2.05, 4.69) is 10.6 Å². The first-order valence-corrected chi connectivity index (χ1v) is 9.17. The standard InChI is InChI=1S/C22H23N3O4/c1-29-18-11-9-17(10-12-18)20(26)14-23-22(28)24-19-8-5-13-25(21(19)27)15-16-6-3-2-4-7-16/h2-13,20,26H,14-15H2,1H3,(H2,23,24,28)/t20-/m1/s1. The number of hydrogen-bond acceptors (Lipinski definition) is 4. The van der Waals surface area contributed by atoms with Crippen LogP contribution in [0.15, 0.2) is 77.7 Å². The van der Waals surface area contributed by atoms with Gasteiger partial charge in [0.25, 0.3) is 5.56 Å². The second-order valence-electron chi connectivity index (χ2n) is 6.46. The Kier molecular flexibility index (Phi) is 6.65. The largest absolute Gasteiger partial charge is 0.497 e. The average molecular weight is 393 g/mol. The summed E-state index contributed by atoms with van der Waals surface area (Å²) in [4.78, 5) is 24.8. The number of aliphatic hydroxyl groups is 1. The lowest BCUT2D eigenvalue weighted by Gasteiger charge is -2.14. The van der Waals surface area contributed by atoms with Gasteiger partial charge in [0.15, 0.2) is 0 Å². The van der Waals surface area contributed by atoms with Crippen LogP contribution in [0, 0.1) is 0 Å². The molecule has 0 aliphatic carbocycles. The Bertz CT molecular complexity index is 1000. The van der Waals surface area contributed by atoms with E-state index >= 15 is 0 Å². The van der Waals surface area contributed by atoms with Gasteiger partial charge in [-0.2, -0.15) is 0 Å². The van der Waals surface area contributed by atoms with E-state index in [-0.39, 0.29) is 17.8 Å². The number of anilines is 1. The molecule has 0 aliphatic rings. The van der Waals surface area contributed by atoms with Crippen molar-refractivity contribution >= 4 is 11.7 Å². The third-order valence-corrected chi connectivity index (χ3v) is 4.42. The Hall–Kier alpha value is -3.58. The van der Waals surface area contributed by atoms with Crippen LogP contribution in [-0.2, 0) is 6.54 Å². The fourth-order valence-electron chi connectivity index (χ4n) is 2.84. The highest BCUT2D eigenvalue weighted by Crippen LogP contribution is 2.17. The van der Waals surface area contributed by atoms with Crippen LogP contribution in [0.5, 0.6) is 5.75 Å². The Balaban J connectivity index is 1.58. The second kappa shape index (κ2) is 9.57. The molecule has 7 heteroatoms. The lowest BCUT2D eigenvalue weighted by Crippen LogP contribution is -2.35. The van der Waals surface area contributed by atoms with E-state index in [1.165, 1.54) is 4.57 Å². The van der Waals surface area contributed by atoms with Gasteiger partial charge in [-0.15, -0.1) is 0 Å². The van der Waals surface area contributed by atoms with Crippen molar-refractivity contribution < 1.29 is 14.6 Å². The van der Waals surface area contributed by atoms with Gasteiger partial charge in [-0.1, -0.05) is 42.5 Å². The first-order valence-electron chi connectivity index (χ1n) is 9.17. The molecule has 0 fully saturated rings. The van der Waals surface area contributed by atoms with Crippen molar-refractivity contribution in [2.24, 2.45) is 0 Å². The molecule has 29 heavy (non-hydrogen) atoms. The van der Waals surface area contributed by atoms with E-state index < -0.39 is 12.1 Å². The highest BCUT2D eigenvalue weighted by Gasteiger charge is 2.11. The lowest BCUT2D eigenvalue weighted by molar-refractivity contribution is 0.175. The van der Waals surface area contributed by atoms with Crippen LogP contribution in [0.3, 0.4) is 0 Å². The molecule has 0 aliphatic heterocycles. The summed E-state index contributed by atoms with van der Waals surface area (Å²) in [5.74, 6) is 0.683. The fourth-order valence-corrected chi connectivity index (χ4v) is 2.84. The molecule has 0 saturated heterocycles. The minimum absolute atomic E-state index is 0.00318. The molecular formula is C22H23N3O4. The average Bonchev–Trinajstić information content (AvgIpc) is 2.75. The van der Waals surface area contributed by atoms with Crippen molar-refractivity contribution in [3.05, 3.63) is 94.4 Å². The third kappa shape index (κ3) is 5.46. The summed E-state index contributed by atoms with van der Waals surface area (Å²) in [5.41, 5.74) is 1.50. The van der Waals surface area contributed by atoms with E-state index in [0.29, 0.717) is 17.9 Å². The van der Waals surface area contributed by atoms with E-state index in [0.717, 1.165) is 5.56 Å². The van der Waals surface area contributed by atoms with E-state index in [4.69, 9.17) is 4.74 Å². The van der Waals surface area contributed by atoms with Gasteiger partial charge in [0.2, 0.25) is 0 Å². The number of nitrogens with zero attached hydrogens (tertiary/aromatic N) is 1. The van der Waals surface area contributed by atoms with Gasteiger partial charge in [-0.05, 0) is 35.4 Å². The Morgan fingerprint density at radius 1 is 1.07 bits per heavy atom. The number of carbonyl (C=O) groups is 1. The van der Waals surface area contributed by atoms with Crippen molar-refractivity contribution in [1.82, 2.24) is 9.88 Å². The van der Waals surface area contributed by atoms with Crippen molar-refractivity contribution in [3.63, 3.8) is 0 Å². The smallest absolute Gasteiger partial charge is 0.319 e. The molecule has 3 aromatic rings. The number of benzene rings is 2. The van der Waals surface area contributed by atoms with Crippen LogP contribution in [0.4, 0.5) is 10.5 Å². The maximum atomic E-state index is 12.6. The highest BCUT2D eigenvalue weighted by molar-refractivity contribution is 5.88. The van der Waals surface area contributed by atoms with Crippen LogP contribution in [0.2, 0.25) is 0 Å². The predicted molar refractivity (Wildman–Crippen MR) is 111 cm³/mol. The first kappa shape index (κ1) is 20.2. The summed E-state index contributed by atoms with van der Waals surface area (Å²) in [6.45, 7) is 0.413. The third-order valence-electron chi connectivity index (χ3n) is 4.42. The molecule has 1 heterocycles. The van der Waals surface area contributed by atoms with Gasteiger partial charge in [0, 0.05) is 12.7 Å². The molecule has 0 bridgehead atoms. The van der Waals surface area contributed by atoms with Crippen LogP contribution in [0.25, 0.3) is 0 Å². The number of nitrogens with one attached hydrogen (secondary N) is 2. The Labute approximate surface area is 168 Å². The fraction of sp³-hybridized carbons (Fsp3) is 0.182. The molecule has 1 aromatic heterocycles. The molecular weight excluding hydrogens is 370 g/mol. The molecule has 150 valence electrons. The number of hydrogen-bond donors (Lipinski definition) is 3. The monoisotopic (exact) mass is 393 g/mol. The molecule has 3 N–H and O–H groups in total. The molecule has 3 rings (SSSR count). The number of aliphatic hydroxyl groups excluding tert-OH is 1. The molecule has 1 atom stereocenters. The number of amides is 2. The number of rotatable bonds is 7. The molecule has 2 amide bonds. The zero-order valence-electron chi connectivity index (χ0n) is 16.0. The molecule has 0 radical (unpaired) electrons. The van der Waals surface area contributed by atoms with Crippen molar-refractivity contribution in [1.29, 1.82) is 0 Å². The van der Waals surface area contributed by atoms with Crippen LogP contribution in [-0.4, -0.2) is 29.4 Å². The first-order chi connectivity index (χ1) is 14.1. The lowest BCUT2D eigenvalue weighted by atomic mass is 10.1. The van der Waals surface area contributed by atoms with Gasteiger partial charge >= 0.3 is 6.03 Å². The normalized spacial score (nSPS) is 11.5. The second-order valence-corrected chi connectivity index (χ2v) is 6.46. The molecule has 0 unspecified atom stereocenters. The SMILES string of the molecule is COc1ccc([C@H](O)CNC(=O)Nc2cccn(Cc3ccccc3)c2=O)cc1. The summed E-state index contributed by atoms with van der Waals surface area (Å²) in [7, 11) is 1.56. The molecule has 7 nitrogen and oxygen atoms in total. The summed E-state index contributed by atoms with van der Waals surface area (Å²) in [6.07, 6.45) is 0.795. The summed E-state index contributed by atoms with van der Waals surface area (Å²) >= 11 is 0. The van der Waals surface area contributed by atoms with E-state index in [1.807, 2.05) is 30.3 Å². The van der Waals surface area contributed by atoms with Crippen LogP contribution in [0.1, 0.15) is 17.2 Å². The topological polar surface area (TPSA) is 92.6 Å². The zero-order valence-corrected chi connectivity index (χ0v) is 16.0. The van der Waals surface area contributed by atoms with Crippen molar-refractivity contribution in [2.45, 2.75) is 12.6 Å². The summed E-state index contributed by atoms with van der Waals surface area (Å²) in [5, 5.41) is 15.3. The predicted octanol–water partition coefficient (Wildman–Crippen LogP) is 2.76. The quantitative estimate of drug-likeness (QED) is 0.576. The minimum atomic E-state index is -0.878. The molecule has 2 aromatic carbocycles. The summed E-state index contributed by atoms with van der Waals surface area (Å²) in [6, 6.07) is 19.2. The van der Waals surface area contributed by atoms with Gasteiger partial charge in [0.05, 0.1) is 19.8 Å². The van der Waals surface area contributed by atoms with Gasteiger partial charge in [0.1, 0.15) is 11.4 Å². The summed E-state index contributed by atoms with van der Waals surface area (Å²) < 4.78 is 6.60. The number of ether oxygens (including phenoxy) is 1.